The lowest BCUT2D eigenvalue weighted by Crippen LogP contribution is -2.26. The molecule has 6 nitrogen and oxygen atoms in total. The number of carbonyl (C=O) groups is 3. The van der Waals surface area contributed by atoms with Crippen LogP contribution in [0.4, 0.5) is 0 Å². The van der Waals surface area contributed by atoms with Crippen LogP contribution in [0.1, 0.15) is 45.4 Å². The van der Waals surface area contributed by atoms with E-state index in [0.29, 0.717) is 12.8 Å². The molecule has 0 aromatic carbocycles. The van der Waals surface area contributed by atoms with Crippen molar-refractivity contribution >= 4 is 18.2 Å². The molecule has 22 heavy (non-hydrogen) atoms. The summed E-state index contributed by atoms with van der Waals surface area (Å²) in [5, 5.41) is 0. The van der Waals surface area contributed by atoms with Crippen LogP contribution in [0.15, 0.2) is 0 Å². The van der Waals surface area contributed by atoms with Gasteiger partial charge in [0.25, 0.3) is 0 Å². The molecule has 1 heterocycles. The minimum Gasteiger partial charge on any atom is -0.469 e. The third-order valence-corrected chi connectivity index (χ3v) is 4.63. The lowest BCUT2D eigenvalue weighted by Gasteiger charge is -2.19. The van der Waals surface area contributed by atoms with Crippen LogP contribution >= 0.6 is 0 Å². The fourth-order valence-electron chi connectivity index (χ4n) is 3.61. The Morgan fingerprint density at radius 3 is 2.68 bits per heavy atom. The molecular formula is C16H24O6. The van der Waals surface area contributed by atoms with Gasteiger partial charge in [0.1, 0.15) is 12.4 Å². The molecule has 0 amide bonds. The van der Waals surface area contributed by atoms with E-state index in [1.165, 1.54) is 14.0 Å². The molecule has 5 atom stereocenters. The first-order valence-electron chi connectivity index (χ1n) is 7.90. The van der Waals surface area contributed by atoms with Crippen LogP contribution in [0.5, 0.6) is 0 Å². The molecule has 2 aliphatic rings. The molecule has 2 fully saturated rings. The number of hydrogen-bond acceptors (Lipinski definition) is 6. The normalized spacial score (nSPS) is 33.3. The SMILES string of the molecule is COC(=O)CCCC[C@H]1C[C@@H]2[C@@H](C=O)[C@H](OC(C)=O)C[C@@H]2O1. The Balaban J connectivity index is 1.75. The Bertz CT molecular complexity index is 421. The highest BCUT2D eigenvalue weighted by atomic mass is 16.6. The van der Waals surface area contributed by atoms with Crippen LogP contribution < -0.4 is 0 Å². The molecule has 124 valence electrons. The first kappa shape index (κ1) is 16.9. The van der Waals surface area contributed by atoms with Crippen molar-refractivity contribution < 1.29 is 28.6 Å². The summed E-state index contributed by atoms with van der Waals surface area (Å²) in [6.45, 7) is 1.36. The monoisotopic (exact) mass is 312 g/mol. The van der Waals surface area contributed by atoms with E-state index in [0.717, 1.165) is 32.0 Å². The Labute approximate surface area is 130 Å². The predicted octanol–water partition coefficient (Wildman–Crippen LogP) is 1.64. The molecule has 0 aromatic rings. The van der Waals surface area contributed by atoms with Gasteiger partial charge in [0.2, 0.25) is 0 Å². The van der Waals surface area contributed by atoms with Crippen LogP contribution in [-0.4, -0.2) is 43.6 Å². The average molecular weight is 312 g/mol. The molecule has 0 radical (unpaired) electrons. The van der Waals surface area contributed by atoms with Gasteiger partial charge in [-0.05, 0) is 19.3 Å². The maximum absolute atomic E-state index is 11.3. The van der Waals surface area contributed by atoms with Crippen LogP contribution in [0.3, 0.4) is 0 Å². The number of carbonyl (C=O) groups excluding carboxylic acids is 3. The van der Waals surface area contributed by atoms with E-state index in [2.05, 4.69) is 4.74 Å². The third-order valence-electron chi connectivity index (χ3n) is 4.63. The summed E-state index contributed by atoms with van der Waals surface area (Å²) >= 11 is 0. The molecule has 1 saturated heterocycles. The van der Waals surface area contributed by atoms with Crippen LogP contribution in [0.25, 0.3) is 0 Å². The number of aldehydes is 1. The molecule has 0 aromatic heterocycles. The fourth-order valence-corrected chi connectivity index (χ4v) is 3.61. The number of hydrogen-bond donors (Lipinski definition) is 0. The average Bonchev–Trinajstić information content (AvgIpc) is 2.99. The molecule has 6 heteroatoms. The number of unbranched alkanes of at least 4 members (excludes halogenated alkanes) is 1. The molecule has 0 unspecified atom stereocenters. The van der Waals surface area contributed by atoms with Crippen molar-refractivity contribution in [3.8, 4) is 0 Å². The van der Waals surface area contributed by atoms with Crippen LogP contribution in [-0.2, 0) is 28.6 Å². The highest BCUT2D eigenvalue weighted by Gasteiger charge is 2.50. The summed E-state index contributed by atoms with van der Waals surface area (Å²) in [5.74, 6) is -0.646. The van der Waals surface area contributed by atoms with Crippen molar-refractivity contribution in [2.24, 2.45) is 11.8 Å². The van der Waals surface area contributed by atoms with Crippen LogP contribution in [0, 0.1) is 11.8 Å². The maximum Gasteiger partial charge on any atom is 0.305 e. The van der Waals surface area contributed by atoms with Gasteiger partial charge in [-0.1, -0.05) is 6.42 Å². The van der Waals surface area contributed by atoms with Gasteiger partial charge < -0.3 is 19.0 Å². The predicted molar refractivity (Wildman–Crippen MR) is 77.0 cm³/mol. The summed E-state index contributed by atoms with van der Waals surface area (Å²) in [4.78, 5) is 33.4. The second-order valence-corrected chi connectivity index (χ2v) is 6.12. The lowest BCUT2D eigenvalue weighted by atomic mass is 9.90. The van der Waals surface area contributed by atoms with E-state index in [4.69, 9.17) is 9.47 Å². The fraction of sp³-hybridized carbons (Fsp3) is 0.812. The molecule has 2 rings (SSSR count). The molecule has 0 spiro atoms. The highest BCUT2D eigenvalue weighted by Crippen LogP contribution is 2.44. The Morgan fingerprint density at radius 2 is 2.05 bits per heavy atom. The van der Waals surface area contributed by atoms with Gasteiger partial charge in [-0.25, -0.2) is 0 Å². The number of fused-ring (bicyclic) bond motifs is 1. The van der Waals surface area contributed by atoms with E-state index in [1.807, 2.05) is 0 Å². The second-order valence-electron chi connectivity index (χ2n) is 6.12. The van der Waals surface area contributed by atoms with Crippen LogP contribution in [0.2, 0.25) is 0 Å². The highest BCUT2D eigenvalue weighted by molar-refractivity contribution is 5.69. The van der Waals surface area contributed by atoms with Crippen molar-refractivity contribution in [1.82, 2.24) is 0 Å². The van der Waals surface area contributed by atoms with Gasteiger partial charge >= 0.3 is 11.9 Å². The number of rotatable bonds is 7. The van der Waals surface area contributed by atoms with Gasteiger partial charge in [-0.15, -0.1) is 0 Å². The quantitative estimate of drug-likeness (QED) is 0.404. The minimum atomic E-state index is -0.351. The first-order valence-corrected chi connectivity index (χ1v) is 7.90. The van der Waals surface area contributed by atoms with E-state index < -0.39 is 0 Å². The topological polar surface area (TPSA) is 78.9 Å². The maximum atomic E-state index is 11.3. The van der Waals surface area contributed by atoms with E-state index in [1.54, 1.807) is 0 Å². The van der Waals surface area contributed by atoms with Crippen molar-refractivity contribution in [1.29, 1.82) is 0 Å². The summed E-state index contributed by atoms with van der Waals surface area (Å²) in [7, 11) is 1.39. The first-order chi connectivity index (χ1) is 10.5. The Kier molecular flexibility index (Phi) is 5.94. The molecule has 1 aliphatic heterocycles. The Morgan fingerprint density at radius 1 is 1.27 bits per heavy atom. The van der Waals surface area contributed by atoms with Gasteiger partial charge in [0.15, 0.2) is 0 Å². The zero-order valence-electron chi connectivity index (χ0n) is 13.2. The standard InChI is InChI=1S/C16H24O6/c1-10(18)21-15-8-14-12(13(15)9-17)7-11(22-14)5-3-4-6-16(19)20-2/h9,11-15H,3-8H2,1-2H3/t11-,12+,13+,14-,15+/m0/s1. The second kappa shape index (κ2) is 7.72. The van der Waals surface area contributed by atoms with Gasteiger partial charge in [-0.3, -0.25) is 9.59 Å². The summed E-state index contributed by atoms with van der Waals surface area (Å²) < 4.78 is 15.8. The summed E-state index contributed by atoms with van der Waals surface area (Å²) in [5.41, 5.74) is 0. The number of ether oxygens (including phenoxy) is 3. The van der Waals surface area contributed by atoms with E-state index in [-0.39, 0.29) is 42.1 Å². The van der Waals surface area contributed by atoms with Crippen molar-refractivity contribution in [3.63, 3.8) is 0 Å². The zero-order chi connectivity index (χ0) is 16.1. The molecule has 1 saturated carbocycles. The molecular weight excluding hydrogens is 288 g/mol. The largest absolute Gasteiger partial charge is 0.469 e. The molecule has 1 aliphatic carbocycles. The smallest absolute Gasteiger partial charge is 0.305 e. The van der Waals surface area contributed by atoms with Crippen molar-refractivity contribution in [3.05, 3.63) is 0 Å². The van der Waals surface area contributed by atoms with E-state index >= 15 is 0 Å². The minimum absolute atomic E-state index is 0.00478. The summed E-state index contributed by atoms with van der Waals surface area (Å²) in [6.07, 6.45) is 5.13. The number of methoxy groups -OCH3 is 1. The summed E-state index contributed by atoms with van der Waals surface area (Å²) in [6, 6.07) is 0. The molecule has 0 bridgehead atoms. The van der Waals surface area contributed by atoms with Gasteiger partial charge in [0.05, 0.1) is 25.2 Å². The number of esters is 2. The van der Waals surface area contributed by atoms with Crippen molar-refractivity contribution in [2.75, 3.05) is 7.11 Å². The van der Waals surface area contributed by atoms with E-state index in [9.17, 15) is 14.4 Å². The molecule has 0 N–H and O–H groups in total. The van der Waals surface area contributed by atoms with Gasteiger partial charge in [0, 0.05) is 25.7 Å². The Hall–Kier alpha value is -1.43. The van der Waals surface area contributed by atoms with Crippen molar-refractivity contribution in [2.45, 2.75) is 63.8 Å². The third kappa shape index (κ3) is 4.06. The lowest BCUT2D eigenvalue weighted by molar-refractivity contribution is -0.149. The zero-order valence-corrected chi connectivity index (χ0v) is 13.2. The van der Waals surface area contributed by atoms with Gasteiger partial charge in [-0.2, -0.15) is 0 Å².